The van der Waals surface area contributed by atoms with Gasteiger partial charge in [-0.1, -0.05) is 36.2 Å². The summed E-state index contributed by atoms with van der Waals surface area (Å²) in [6.07, 6.45) is 1.08. The number of hydrogen-bond donors (Lipinski definition) is 1. The molecule has 0 aliphatic heterocycles. The van der Waals surface area contributed by atoms with Crippen molar-refractivity contribution in [3.05, 3.63) is 57.7 Å². The van der Waals surface area contributed by atoms with Gasteiger partial charge in [-0.05, 0) is 37.6 Å². The topological polar surface area (TPSA) is 80.8 Å². The number of hydrogen-bond acceptors (Lipinski definition) is 5. The zero-order valence-electron chi connectivity index (χ0n) is 19.6. The van der Waals surface area contributed by atoms with Crippen molar-refractivity contribution in [1.82, 2.24) is 10.3 Å². The molecule has 0 unspecified atom stereocenters. The quantitative estimate of drug-likeness (QED) is 0.427. The van der Waals surface area contributed by atoms with E-state index in [1.807, 2.05) is 38.1 Å². The van der Waals surface area contributed by atoms with Gasteiger partial charge in [0.1, 0.15) is 23.6 Å². The van der Waals surface area contributed by atoms with E-state index in [9.17, 15) is 9.59 Å². The van der Waals surface area contributed by atoms with Crippen LogP contribution in [0.5, 0.6) is 11.5 Å². The zero-order chi connectivity index (χ0) is 24.8. The summed E-state index contributed by atoms with van der Waals surface area (Å²) in [6, 6.07) is 10.8. The van der Waals surface area contributed by atoms with Crippen LogP contribution in [0, 0.1) is 6.92 Å². The van der Waals surface area contributed by atoms with Crippen LogP contribution in [0.2, 0.25) is 10.0 Å². The Hall–Kier alpha value is -3.03. The van der Waals surface area contributed by atoms with Crippen molar-refractivity contribution in [2.75, 3.05) is 25.6 Å². The van der Waals surface area contributed by atoms with E-state index >= 15 is 0 Å². The Balaban J connectivity index is 1.83. The van der Waals surface area contributed by atoms with Crippen molar-refractivity contribution in [2.24, 2.45) is 0 Å². The first-order valence-corrected chi connectivity index (χ1v) is 11.6. The van der Waals surface area contributed by atoms with Crippen molar-refractivity contribution >= 4 is 51.6 Å². The zero-order valence-corrected chi connectivity index (χ0v) is 21.1. The molecule has 1 N–H and O–H groups in total. The van der Waals surface area contributed by atoms with E-state index in [0.29, 0.717) is 51.2 Å². The molecule has 1 aromatic heterocycles. The van der Waals surface area contributed by atoms with Gasteiger partial charge in [-0.15, -0.1) is 0 Å². The second-order valence-corrected chi connectivity index (χ2v) is 8.53. The number of aromatic nitrogens is 1. The van der Waals surface area contributed by atoms with Crippen LogP contribution in [0.4, 0.5) is 5.69 Å². The highest BCUT2D eigenvalue weighted by molar-refractivity contribution is 6.38. The fourth-order valence-corrected chi connectivity index (χ4v) is 4.07. The number of nitrogens with zero attached hydrogens (tertiary/aromatic N) is 2. The first-order valence-electron chi connectivity index (χ1n) is 10.8. The maximum atomic E-state index is 12.6. The number of amides is 2. The minimum atomic E-state index is -0.304. The molecule has 34 heavy (non-hydrogen) atoms. The normalized spacial score (nSPS) is 10.8. The number of likely N-dealkylation sites (N-methyl/N-ethyl adjacent to an activating group) is 1. The highest BCUT2D eigenvalue weighted by Crippen LogP contribution is 2.36. The number of rotatable bonds is 9. The molecule has 7 nitrogen and oxygen atoms in total. The summed E-state index contributed by atoms with van der Waals surface area (Å²) in [5.41, 5.74) is 2.46. The molecule has 0 bridgehead atoms. The lowest BCUT2D eigenvalue weighted by atomic mass is 10.1. The number of ether oxygens (including phenoxy) is 2. The van der Waals surface area contributed by atoms with E-state index < -0.39 is 0 Å². The molecule has 0 atom stereocenters. The molecule has 3 rings (SSSR count). The monoisotopic (exact) mass is 503 g/mol. The average molecular weight is 504 g/mol. The Bertz CT molecular complexity index is 1220. The number of carbonyl (C=O) groups excluding carboxylic acids is 2. The molecule has 0 aliphatic rings. The first-order chi connectivity index (χ1) is 16.3. The van der Waals surface area contributed by atoms with Gasteiger partial charge in [-0.25, -0.2) is 4.98 Å². The van der Waals surface area contributed by atoms with Crippen molar-refractivity contribution in [1.29, 1.82) is 0 Å². The minimum absolute atomic E-state index is 0.0673. The molecule has 3 aromatic rings. The number of pyridine rings is 1. The second-order valence-electron chi connectivity index (χ2n) is 7.75. The van der Waals surface area contributed by atoms with Crippen LogP contribution in [-0.4, -0.2) is 37.5 Å². The second kappa shape index (κ2) is 11.4. The molecule has 2 amide bonds. The number of nitrogens with one attached hydrogen (secondary N) is 1. The lowest BCUT2D eigenvalue weighted by molar-refractivity contribution is -0.124. The molecule has 0 saturated heterocycles. The average Bonchev–Trinajstić information content (AvgIpc) is 2.81. The predicted octanol–water partition coefficient (Wildman–Crippen LogP) is 5.32. The van der Waals surface area contributed by atoms with Gasteiger partial charge in [-0.3, -0.25) is 9.59 Å². The smallest absolute Gasteiger partial charge is 0.246 e. The third-order valence-electron chi connectivity index (χ3n) is 5.30. The highest BCUT2D eigenvalue weighted by Gasteiger charge is 2.19. The maximum Gasteiger partial charge on any atom is 0.246 e. The number of aryl methyl sites for hydroxylation is 1. The molecule has 2 aromatic carbocycles. The lowest BCUT2D eigenvalue weighted by Crippen LogP contribution is -2.38. The van der Waals surface area contributed by atoms with Gasteiger partial charge in [0, 0.05) is 41.2 Å². The molecule has 0 spiro atoms. The highest BCUT2D eigenvalue weighted by atomic mass is 35.5. The van der Waals surface area contributed by atoms with Crippen LogP contribution in [0.1, 0.15) is 31.0 Å². The van der Waals surface area contributed by atoms with E-state index in [4.69, 9.17) is 32.7 Å². The third kappa shape index (κ3) is 5.72. The summed E-state index contributed by atoms with van der Waals surface area (Å²) < 4.78 is 11.6. The number of carbonyl (C=O) groups is 2. The summed E-state index contributed by atoms with van der Waals surface area (Å²) in [5, 5.41) is 4.15. The fraction of sp³-hybridized carbons (Fsp3) is 0.320. The van der Waals surface area contributed by atoms with Crippen LogP contribution in [0.25, 0.3) is 10.9 Å². The van der Waals surface area contributed by atoms with Gasteiger partial charge in [0.15, 0.2) is 0 Å². The SMILES string of the molecule is CCCC(=O)NCC(=O)N(C)c1ccc(Cl)c(COc2cccc3c(OC)cc(C)nc23)c1Cl. The Morgan fingerprint density at radius 1 is 1.15 bits per heavy atom. The van der Waals surface area contributed by atoms with E-state index in [2.05, 4.69) is 10.3 Å². The number of halogens is 2. The van der Waals surface area contributed by atoms with Gasteiger partial charge >= 0.3 is 0 Å². The van der Waals surface area contributed by atoms with Gasteiger partial charge in [-0.2, -0.15) is 0 Å². The fourth-order valence-electron chi connectivity index (χ4n) is 3.47. The predicted molar refractivity (Wildman–Crippen MR) is 135 cm³/mol. The Labute approximate surface area is 209 Å². The summed E-state index contributed by atoms with van der Waals surface area (Å²) in [6.45, 7) is 3.73. The van der Waals surface area contributed by atoms with Crippen LogP contribution in [-0.2, 0) is 16.2 Å². The molecule has 0 radical (unpaired) electrons. The number of methoxy groups -OCH3 is 1. The van der Waals surface area contributed by atoms with Gasteiger partial charge in [0.25, 0.3) is 0 Å². The van der Waals surface area contributed by atoms with Crippen molar-refractivity contribution in [3.8, 4) is 11.5 Å². The van der Waals surface area contributed by atoms with Crippen molar-refractivity contribution in [2.45, 2.75) is 33.3 Å². The molecular weight excluding hydrogens is 477 g/mol. The van der Waals surface area contributed by atoms with E-state index in [1.54, 1.807) is 26.3 Å². The Morgan fingerprint density at radius 3 is 2.62 bits per heavy atom. The van der Waals surface area contributed by atoms with E-state index in [1.165, 1.54) is 4.90 Å². The summed E-state index contributed by atoms with van der Waals surface area (Å²) in [5.74, 6) is 0.787. The largest absolute Gasteiger partial charge is 0.496 e. The molecule has 0 aliphatic carbocycles. The molecular formula is C25H27Cl2N3O4. The van der Waals surface area contributed by atoms with Crippen LogP contribution < -0.4 is 19.7 Å². The number of fused-ring (bicyclic) bond motifs is 1. The molecule has 0 fully saturated rings. The first kappa shape index (κ1) is 25.6. The van der Waals surface area contributed by atoms with Gasteiger partial charge in [0.05, 0.1) is 24.4 Å². The number of para-hydroxylation sites is 1. The summed E-state index contributed by atoms with van der Waals surface area (Å²) in [4.78, 5) is 30.3. The van der Waals surface area contributed by atoms with Crippen LogP contribution in [0.3, 0.4) is 0 Å². The number of benzene rings is 2. The lowest BCUT2D eigenvalue weighted by Gasteiger charge is -2.21. The third-order valence-corrected chi connectivity index (χ3v) is 6.08. The Kier molecular flexibility index (Phi) is 8.58. The number of anilines is 1. The molecule has 1 heterocycles. The van der Waals surface area contributed by atoms with Crippen molar-refractivity contribution in [3.63, 3.8) is 0 Å². The summed E-state index contributed by atoms with van der Waals surface area (Å²) in [7, 11) is 3.21. The van der Waals surface area contributed by atoms with Crippen LogP contribution >= 0.6 is 23.2 Å². The molecule has 180 valence electrons. The molecule has 9 heteroatoms. The Morgan fingerprint density at radius 2 is 1.91 bits per heavy atom. The minimum Gasteiger partial charge on any atom is -0.496 e. The van der Waals surface area contributed by atoms with Crippen LogP contribution in [0.15, 0.2) is 36.4 Å². The van der Waals surface area contributed by atoms with Crippen molar-refractivity contribution < 1.29 is 19.1 Å². The van der Waals surface area contributed by atoms with Gasteiger partial charge in [0.2, 0.25) is 11.8 Å². The van der Waals surface area contributed by atoms with E-state index in [0.717, 1.165) is 11.1 Å². The maximum absolute atomic E-state index is 12.6. The van der Waals surface area contributed by atoms with Gasteiger partial charge < -0.3 is 19.7 Å². The standard InChI is InChI=1S/C25H27Cl2N3O4/c1-5-7-22(31)28-13-23(32)30(3)19-11-10-18(26)17(24(19)27)14-34-20-9-6-8-16-21(33-4)12-15(2)29-25(16)20/h6,8-12H,5,7,13-14H2,1-4H3,(H,28,31). The summed E-state index contributed by atoms with van der Waals surface area (Å²) >= 11 is 13.1. The molecule has 0 saturated carbocycles. The van der Waals surface area contributed by atoms with E-state index in [-0.39, 0.29) is 25.0 Å².